The number of hydrogen-bond donors (Lipinski definition) is 0. The van der Waals surface area contributed by atoms with Crippen LogP contribution < -0.4 is 9.47 Å². The molecule has 0 aromatic heterocycles. The van der Waals surface area contributed by atoms with Crippen LogP contribution in [0.25, 0.3) is 0 Å². The summed E-state index contributed by atoms with van der Waals surface area (Å²) in [7, 11) is 3.20. The number of nitrogens with zero attached hydrogens (tertiary/aromatic N) is 2. The molecule has 1 aromatic rings. The molecule has 5 nitrogen and oxygen atoms in total. The number of benzene rings is 1. The minimum absolute atomic E-state index is 0.639. The predicted molar refractivity (Wildman–Crippen MR) is 74.9 cm³/mol. The normalized spacial score (nSPS) is 18.9. The molecule has 1 aliphatic heterocycles. The molecule has 108 valence electrons. The zero-order valence-electron chi connectivity index (χ0n) is 12.2. The molecule has 1 aliphatic rings. The molecule has 1 fully saturated rings. The van der Waals surface area contributed by atoms with Crippen LogP contribution in [-0.4, -0.2) is 45.4 Å². The largest absolute Gasteiger partial charge is 0.493 e. The number of ether oxygens (including phenoxy) is 3. The lowest BCUT2D eigenvalue weighted by Crippen LogP contribution is -2.48. The lowest BCUT2D eigenvalue weighted by Gasteiger charge is -2.38. The van der Waals surface area contributed by atoms with Gasteiger partial charge in [-0.1, -0.05) is 6.07 Å². The van der Waals surface area contributed by atoms with Crippen molar-refractivity contribution in [2.45, 2.75) is 12.5 Å². The van der Waals surface area contributed by atoms with Gasteiger partial charge in [0.15, 0.2) is 11.5 Å². The van der Waals surface area contributed by atoms with E-state index in [9.17, 15) is 5.26 Å². The number of morpholine rings is 1. The number of methoxy groups -OCH3 is 2. The molecule has 1 saturated heterocycles. The van der Waals surface area contributed by atoms with Gasteiger partial charge >= 0.3 is 0 Å². The summed E-state index contributed by atoms with van der Waals surface area (Å²) in [5.74, 6) is 1.30. The third-order valence-electron chi connectivity index (χ3n) is 3.81. The minimum Gasteiger partial charge on any atom is -0.493 e. The summed E-state index contributed by atoms with van der Waals surface area (Å²) in [6.45, 7) is 4.74. The summed E-state index contributed by atoms with van der Waals surface area (Å²) in [5.41, 5.74) is 0.211. The maximum Gasteiger partial charge on any atom is 0.161 e. The lowest BCUT2D eigenvalue weighted by molar-refractivity contribution is 0.000382. The zero-order chi connectivity index (χ0) is 14.6. The average Bonchev–Trinajstić information content (AvgIpc) is 2.54. The number of hydrogen-bond acceptors (Lipinski definition) is 5. The van der Waals surface area contributed by atoms with E-state index < -0.39 is 5.54 Å². The van der Waals surface area contributed by atoms with E-state index in [1.165, 1.54) is 0 Å². The lowest BCUT2D eigenvalue weighted by atomic mass is 9.90. The SMILES string of the molecule is COc1ccc(C(C)(C#N)N2CCOCC2)cc1OC. The van der Waals surface area contributed by atoms with E-state index in [-0.39, 0.29) is 0 Å². The van der Waals surface area contributed by atoms with Crippen molar-refractivity contribution in [3.05, 3.63) is 23.8 Å². The van der Waals surface area contributed by atoms with Crippen molar-refractivity contribution in [2.75, 3.05) is 40.5 Å². The smallest absolute Gasteiger partial charge is 0.161 e. The highest BCUT2D eigenvalue weighted by atomic mass is 16.5. The molecule has 1 atom stereocenters. The van der Waals surface area contributed by atoms with Gasteiger partial charge in [-0.25, -0.2) is 0 Å². The van der Waals surface area contributed by atoms with Gasteiger partial charge in [-0.3, -0.25) is 4.90 Å². The van der Waals surface area contributed by atoms with Gasteiger partial charge in [-0.15, -0.1) is 0 Å². The minimum atomic E-state index is -0.691. The van der Waals surface area contributed by atoms with Crippen LogP contribution in [0.4, 0.5) is 0 Å². The van der Waals surface area contributed by atoms with Gasteiger partial charge in [0.2, 0.25) is 0 Å². The first kappa shape index (κ1) is 14.6. The summed E-state index contributed by atoms with van der Waals surface area (Å²) < 4.78 is 15.9. The molecule has 0 spiro atoms. The van der Waals surface area contributed by atoms with Crippen LogP contribution in [0.3, 0.4) is 0 Å². The van der Waals surface area contributed by atoms with Crippen molar-refractivity contribution < 1.29 is 14.2 Å². The molecule has 1 heterocycles. The Morgan fingerprint density at radius 1 is 1.20 bits per heavy atom. The Balaban J connectivity index is 2.38. The summed E-state index contributed by atoms with van der Waals surface area (Å²) in [6, 6.07) is 8.05. The fourth-order valence-corrected chi connectivity index (χ4v) is 2.47. The van der Waals surface area contributed by atoms with Gasteiger partial charge in [0.1, 0.15) is 5.54 Å². The van der Waals surface area contributed by atoms with Crippen LogP contribution in [0, 0.1) is 11.3 Å². The highest BCUT2D eigenvalue weighted by molar-refractivity contribution is 5.46. The van der Waals surface area contributed by atoms with Gasteiger partial charge in [-0.05, 0) is 24.6 Å². The van der Waals surface area contributed by atoms with Crippen LogP contribution in [0.15, 0.2) is 18.2 Å². The molecule has 1 unspecified atom stereocenters. The van der Waals surface area contributed by atoms with Gasteiger partial charge in [0, 0.05) is 13.1 Å². The summed E-state index contributed by atoms with van der Waals surface area (Å²) in [5, 5.41) is 9.68. The molecule has 2 rings (SSSR count). The van der Waals surface area contributed by atoms with Gasteiger partial charge in [-0.2, -0.15) is 5.26 Å². The molecule has 0 N–H and O–H groups in total. The maximum atomic E-state index is 9.68. The van der Waals surface area contributed by atoms with Gasteiger partial charge < -0.3 is 14.2 Å². The van der Waals surface area contributed by atoms with Crippen LogP contribution in [-0.2, 0) is 10.3 Å². The van der Waals surface area contributed by atoms with E-state index in [0.29, 0.717) is 24.7 Å². The Hall–Kier alpha value is -1.77. The van der Waals surface area contributed by atoms with Crippen molar-refractivity contribution in [1.82, 2.24) is 4.90 Å². The fraction of sp³-hybridized carbons (Fsp3) is 0.533. The Morgan fingerprint density at radius 3 is 2.40 bits per heavy atom. The van der Waals surface area contributed by atoms with Crippen molar-refractivity contribution in [3.63, 3.8) is 0 Å². The number of nitriles is 1. The van der Waals surface area contributed by atoms with E-state index >= 15 is 0 Å². The van der Waals surface area contributed by atoms with Crippen molar-refractivity contribution in [1.29, 1.82) is 5.26 Å². The second kappa shape index (κ2) is 6.12. The monoisotopic (exact) mass is 276 g/mol. The summed E-state index contributed by atoms with van der Waals surface area (Å²) in [4.78, 5) is 2.14. The standard InChI is InChI=1S/C15H20N2O3/c1-15(11-16,17-6-8-20-9-7-17)12-4-5-13(18-2)14(10-12)19-3/h4-5,10H,6-9H2,1-3H3. The van der Waals surface area contributed by atoms with Gasteiger partial charge in [0.05, 0.1) is 33.5 Å². The molecule has 1 aromatic carbocycles. The quantitative estimate of drug-likeness (QED) is 0.839. The van der Waals surface area contributed by atoms with E-state index in [2.05, 4.69) is 11.0 Å². The maximum absolute atomic E-state index is 9.68. The molecule has 0 bridgehead atoms. The molecule has 0 radical (unpaired) electrons. The Labute approximate surface area is 119 Å². The number of rotatable bonds is 4. The first-order valence-corrected chi connectivity index (χ1v) is 6.62. The summed E-state index contributed by atoms with van der Waals surface area (Å²) in [6.07, 6.45) is 0. The zero-order valence-corrected chi connectivity index (χ0v) is 12.2. The fourth-order valence-electron chi connectivity index (χ4n) is 2.47. The second-order valence-corrected chi connectivity index (χ2v) is 4.85. The highest BCUT2D eigenvalue weighted by Crippen LogP contribution is 2.35. The Morgan fingerprint density at radius 2 is 1.85 bits per heavy atom. The molecule has 0 aliphatic carbocycles. The van der Waals surface area contributed by atoms with Gasteiger partial charge in [0.25, 0.3) is 0 Å². The van der Waals surface area contributed by atoms with E-state index in [1.807, 2.05) is 25.1 Å². The average molecular weight is 276 g/mol. The van der Waals surface area contributed by atoms with Crippen molar-refractivity contribution >= 4 is 0 Å². The first-order chi connectivity index (χ1) is 9.65. The van der Waals surface area contributed by atoms with Crippen molar-refractivity contribution in [2.24, 2.45) is 0 Å². The van der Waals surface area contributed by atoms with E-state index in [0.717, 1.165) is 18.7 Å². The third-order valence-corrected chi connectivity index (χ3v) is 3.81. The van der Waals surface area contributed by atoms with Crippen LogP contribution >= 0.6 is 0 Å². The van der Waals surface area contributed by atoms with Crippen LogP contribution in [0.2, 0.25) is 0 Å². The van der Waals surface area contributed by atoms with E-state index in [4.69, 9.17) is 14.2 Å². The van der Waals surface area contributed by atoms with Crippen molar-refractivity contribution in [3.8, 4) is 17.6 Å². The topological polar surface area (TPSA) is 54.7 Å². The molecule has 20 heavy (non-hydrogen) atoms. The summed E-state index contributed by atoms with van der Waals surface area (Å²) >= 11 is 0. The molecule has 0 saturated carbocycles. The first-order valence-electron chi connectivity index (χ1n) is 6.62. The Bertz CT molecular complexity index is 506. The van der Waals surface area contributed by atoms with Crippen LogP contribution in [0.1, 0.15) is 12.5 Å². The molecular formula is C15H20N2O3. The highest BCUT2D eigenvalue weighted by Gasteiger charge is 2.35. The molecule has 5 heteroatoms. The molecule has 0 amide bonds. The Kier molecular flexibility index (Phi) is 4.48. The second-order valence-electron chi connectivity index (χ2n) is 4.85. The van der Waals surface area contributed by atoms with E-state index in [1.54, 1.807) is 14.2 Å². The molecular weight excluding hydrogens is 256 g/mol. The third kappa shape index (κ3) is 2.58. The predicted octanol–water partition coefficient (Wildman–Crippen LogP) is 1.77. The van der Waals surface area contributed by atoms with Crippen LogP contribution in [0.5, 0.6) is 11.5 Å².